The topological polar surface area (TPSA) is 52.6 Å². The second-order valence-electron chi connectivity index (χ2n) is 6.45. The lowest BCUT2D eigenvalue weighted by atomic mass is 9.90. The molecule has 2 fully saturated rings. The van der Waals surface area contributed by atoms with Crippen molar-refractivity contribution >= 4 is 5.91 Å². The first-order chi connectivity index (χ1) is 10.6. The van der Waals surface area contributed by atoms with E-state index in [0.717, 1.165) is 37.9 Å². The molecule has 5 heteroatoms. The molecular weight excluding hydrogens is 283 g/mol. The van der Waals surface area contributed by atoms with Gasteiger partial charge in [0.05, 0.1) is 12.1 Å². The summed E-state index contributed by atoms with van der Waals surface area (Å²) in [6.07, 6.45) is 2.90. The van der Waals surface area contributed by atoms with Gasteiger partial charge >= 0.3 is 0 Å². The van der Waals surface area contributed by atoms with E-state index in [1.165, 1.54) is 6.07 Å². The standard InChI is InChI=1S/C17H23FN2O2/c18-14-3-1-2-13(9-14)8-12-4-6-20(7-5-12)17(22)16-10-15(21)11-19-16/h1-3,9,12,15-16,19,21H,4-8,10-11H2/t15-,16-/m0/s1. The van der Waals surface area contributed by atoms with E-state index >= 15 is 0 Å². The largest absolute Gasteiger partial charge is 0.392 e. The Balaban J connectivity index is 1.49. The first-order valence-electron chi connectivity index (χ1n) is 8.06. The summed E-state index contributed by atoms with van der Waals surface area (Å²) in [4.78, 5) is 14.3. The Labute approximate surface area is 130 Å². The summed E-state index contributed by atoms with van der Waals surface area (Å²) in [5.41, 5.74) is 1.03. The van der Waals surface area contributed by atoms with Gasteiger partial charge in [-0.15, -0.1) is 0 Å². The van der Waals surface area contributed by atoms with Crippen molar-refractivity contribution in [1.29, 1.82) is 0 Å². The number of rotatable bonds is 3. The molecule has 0 bridgehead atoms. The summed E-state index contributed by atoms with van der Waals surface area (Å²) in [5, 5.41) is 12.6. The van der Waals surface area contributed by atoms with Gasteiger partial charge < -0.3 is 15.3 Å². The normalized spacial score (nSPS) is 26.4. The average Bonchev–Trinajstić information content (AvgIpc) is 2.94. The molecule has 3 rings (SSSR count). The zero-order chi connectivity index (χ0) is 15.5. The van der Waals surface area contributed by atoms with Gasteiger partial charge in [0.2, 0.25) is 5.91 Å². The van der Waals surface area contributed by atoms with E-state index in [9.17, 15) is 14.3 Å². The minimum absolute atomic E-state index is 0.112. The molecule has 0 radical (unpaired) electrons. The molecule has 1 aromatic rings. The number of amides is 1. The van der Waals surface area contributed by atoms with Crippen LogP contribution < -0.4 is 5.32 Å². The molecule has 0 spiro atoms. The molecule has 2 aliphatic rings. The molecule has 4 nitrogen and oxygen atoms in total. The molecule has 0 aromatic heterocycles. The Morgan fingerprint density at radius 3 is 2.77 bits per heavy atom. The third kappa shape index (κ3) is 3.65. The minimum Gasteiger partial charge on any atom is -0.392 e. The Hall–Kier alpha value is -1.46. The van der Waals surface area contributed by atoms with Crippen LogP contribution in [0, 0.1) is 11.7 Å². The summed E-state index contributed by atoms with van der Waals surface area (Å²) in [5.74, 6) is 0.435. The van der Waals surface area contributed by atoms with Gasteiger partial charge in [0.1, 0.15) is 5.82 Å². The Kier molecular flexibility index (Phi) is 4.74. The molecule has 0 unspecified atom stereocenters. The molecule has 2 atom stereocenters. The monoisotopic (exact) mass is 306 g/mol. The number of nitrogens with one attached hydrogen (secondary N) is 1. The van der Waals surface area contributed by atoms with E-state index in [4.69, 9.17) is 0 Å². The Bertz CT molecular complexity index is 529. The molecular formula is C17H23FN2O2. The summed E-state index contributed by atoms with van der Waals surface area (Å²) >= 11 is 0. The number of carbonyl (C=O) groups is 1. The fourth-order valence-electron chi connectivity index (χ4n) is 3.48. The van der Waals surface area contributed by atoms with Crippen LogP contribution in [0.25, 0.3) is 0 Å². The zero-order valence-corrected chi connectivity index (χ0v) is 12.7. The van der Waals surface area contributed by atoms with Crippen molar-refractivity contribution in [3.63, 3.8) is 0 Å². The number of benzene rings is 1. The highest BCUT2D eigenvalue weighted by Crippen LogP contribution is 2.23. The number of hydrogen-bond acceptors (Lipinski definition) is 3. The van der Waals surface area contributed by atoms with Crippen molar-refractivity contribution in [3.05, 3.63) is 35.6 Å². The maximum absolute atomic E-state index is 13.2. The van der Waals surface area contributed by atoms with Crippen LogP contribution in [0.2, 0.25) is 0 Å². The SMILES string of the molecule is O=C([C@@H]1C[C@H](O)CN1)N1CCC(Cc2cccc(F)c2)CC1. The van der Waals surface area contributed by atoms with Crippen LogP contribution in [0.5, 0.6) is 0 Å². The van der Waals surface area contributed by atoms with Crippen LogP contribution >= 0.6 is 0 Å². The van der Waals surface area contributed by atoms with Crippen LogP contribution in [-0.4, -0.2) is 47.7 Å². The molecule has 1 aromatic carbocycles. The number of aliphatic hydroxyl groups is 1. The van der Waals surface area contributed by atoms with Gasteiger partial charge in [0, 0.05) is 19.6 Å². The van der Waals surface area contributed by atoms with Crippen molar-refractivity contribution < 1.29 is 14.3 Å². The Morgan fingerprint density at radius 2 is 2.14 bits per heavy atom. The van der Waals surface area contributed by atoms with Gasteiger partial charge in [-0.1, -0.05) is 12.1 Å². The summed E-state index contributed by atoms with van der Waals surface area (Å²) < 4.78 is 13.2. The second kappa shape index (κ2) is 6.75. The molecule has 22 heavy (non-hydrogen) atoms. The molecule has 2 aliphatic heterocycles. The van der Waals surface area contributed by atoms with Crippen LogP contribution in [0.15, 0.2) is 24.3 Å². The first-order valence-corrected chi connectivity index (χ1v) is 8.06. The summed E-state index contributed by atoms with van der Waals surface area (Å²) in [6.45, 7) is 2.02. The van der Waals surface area contributed by atoms with Gasteiger partial charge in [0.25, 0.3) is 0 Å². The van der Waals surface area contributed by atoms with E-state index < -0.39 is 6.10 Å². The van der Waals surface area contributed by atoms with Gasteiger partial charge in [-0.2, -0.15) is 0 Å². The van der Waals surface area contributed by atoms with Crippen molar-refractivity contribution in [2.75, 3.05) is 19.6 Å². The number of aliphatic hydroxyl groups excluding tert-OH is 1. The highest BCUT2D eigenvalue weighted by atomic mass is 19.1. The maximum atomic E-state index is 13.2. The van der Waals surface area contributed by atoms with E-state index in [-0.39, 0.29) is 17.8 Å². The lowest BCUT2D eigenvalue weighted by molar-refractivity contribution is -0.134. The van der Waals surface area contributed by atoms with E-state index in [1.807, 2.05) is 11.0 Å². The molecule has 0 aliphatic carbocycles. The average molecular weight is 306 g/mol. The van der Waals surface area contributed by atoms with E-state index in [0.29, 0.717) is 18.9 Å². The van der Waals surface area contributed by atoms with Crippen molar-refractivity contribution in [1.82, 2.24) is 10.2 Å². The number of nitrogens with zero attached hydrogens (tertiary/aromatic N) is 1. The molecule has 0 saturated carbocycles. The predicted molar refractivity (Wildman–Crippen MR) is 81.8 cm³/mol. The van der Waals surface area contributed by atoms with Crippen molar-refractivity contribution in [3.8, 4) is 0 Å². The number of halogens is 1. The number of piperidine rings is 1. The van der Waals surface area contributed by atoms with Crippen molar-refractivity contribution in [2.45, 2.75) is 37.8 Å². The van der Waals surface area contributed by atoms with E-state index in [2.05, 4.69) is 5.32 Å². The second-order valence-corrected chi connectivity index (χ2v) is 6.45. The number of hydrogen-bond donors (Lipinski definition) is 2. The fraction of sp³-hybridized carbons (Fsp3) is 0.588. The fourth-order valence-corrected chi connectivity index (χ4v) is 3.48. The molecule has 2 saturated heterocycles. The smallest absolute Gasteiger partial charge is 0.239 e. The highest BCUT2D eigenvalue weighted by molar-refractivity contribution is 5.82. The lowest BCUT2D eigenvalue weighted by Gasteiger charge is -2.33. The first kappa shape index (κ1) is 15.4. The molecule has 120 valence electrons. The van der Waals surface area contributed by atoms with Gasteiger partial charge in [0.15, 0.2) is 0 Å². The van der Waals surface area contributed by atoms with Gasteiger partial charge in [-0.05, 0) is 49.3 Å². The third-order valence-corrected chi connectivity index (χ3v) is 4.75. The highest BCUT2D eigenvalue weighted by Gasteiger charge is 2.33. The van der Waals surface area contributed by atoms with Crippen LogP contribution in [-0.2, 0) is 11.2 Å². The number of carbonyl (C=O) groups excluding carboxylic acids is 1. The summed E-state index contributed by atoms with van der Waals surface area (Å²) in [7, 11) is 0. The van der Waals surface area contributed by atoms with Gasteiger partial charge in [-0.25, -0.2) is 4.39 Å². The van der Waals surface area contributed by atoms with Crippen molar-refractivity contribution in [2.24, 2.45) is 5.92 Å². The number of likely N-dealkylation sites (tertiary alicyclic amines) is 1. The quantitative estimate of drug-likeness (QED) is 0.886. The van der Waals surface area contributed by atoms with Crippen LogP contribution in [0.4, 0.5) is 4.39 Å². The van der Waals surface area contributed by atoms with Gasteiger partial charge in [-0.3, -0.25) is 4.79 Å². The maximum Gasteiger partial charge on any atom is 0.239 e. The lowest BCUT2D eigenvalue weighted by Crippen LogP contribution is -2.47. The number of β-amino-alcohol motifs (C(OH)–C–C–N with tert-alkyl or cyclic N) is 1. The summed E-state index contributed by atoms with van der Waals surface area (Å²) in [6, 6.07) is 6.55. The minimum atomic E-state index is -0.403. The van der Waals surface area contributed by atoms with Crippen LogP contribution in [0.1, 0.15) is 24.8 Å². The molecule has 1 amide bonds. The zero-order valence-electron chi connectivity index (χ0n) is 12.7. The predicted octanol–water partition coefficient (Wildman–Crippen LogP) is 1.33. The van der Waals surface area contributed by atoms with Crippen LogP contribution in [0.3, 0.4) is 0 Å². The van der Waals surface area contributed by atoms with E-state index in [1.54, 1.807) is 12.1 Å². The Morgan fingerprint density at radius 1 is 1.36 bits per heavy atom. The molecule has 2 N–H and O–H groups in total. The molecule has 2 heterocycles. The third-order valence-electron chi connectivity index (χ3n) is 4.75.